The number of imidazole rings is 1. The molecule has 0 radical (unpaired) electrons. The number of thioether (sulfide) groups is 1. The largest absolute Gasteiger partial charge is 0.332 e. The monoisotopic (exact) mass is 503 g/mol. The standard InChI is InChI=1S/C23H26ClN5O4S/c1-2-3-11-27-18-17(25-21(24)26-18)20(31)28(22(27)32)12-7-8-13-29-19(30)16(34-23(29)33)14-15-9-5-4-6-10-15/h4-6,9-10,16H,2-3,7-8,11-14H2,1H3,(H,25,26). The minimum atomic E-state index is -0.473. The maximum Gasteiger partial charge on any atom is 0.332 e. The number of rotatable bonds is 10. The highest BCUT2D eigenvalue weighted by atomic mass is 35.5. The van der Waals surface area contributed by atoms with Crippen molar-refractivity contribution in [2.24, 2.45) is 0 Å². The number of aryl methyl sites for hydroxylation is 1. The molecular formula is C23H26ClN5O4S. The van der Waals surface area contributed by atoms with E-state index in [1.807, 2.05) is 37.3 Å². The highest BCUT2D eigenvalue weighted by Gasteiger charge is 2.38. The van der Waals surface area contributed by atoms with Gasteiger partial charge in [0.15, 0.2) is 11.2 Å². The Morgan fingerprint density at radius 2 is 1.71 bits per heavy atom. The topological polar surface area (TPSA) is 110 Å². The van der Waals surface area contributed by atoms with Crippen LogP contribution in [0.5, 0.6) is 0 Å². The van der Waals surface area contributed by atoms with E-state index in [1.165, 1.54) is 14.0 Å². The Labute approximate surface area is 205 Å². The summed E-state index contributed by atoms with van der Waals surface area (Å²) in [6.07, 6.45) is 3.09. The lowest BCUT2D eigenvalue weighted by molar-refractivity contribution is -0.126. The molecule has 2 aromatic heterocycles. The van der Waals surface area contributed by atoms with Crippen molar-refractivity contribution in [3.05, 3.63) is 62.0 Å². The summed E-state index contributed by atoms with van der Waals surface area (Å²) in [5, 5.41) is -0.613. The highest BCUT2D eigenvalue weighted by molar-refractivity contribution is 8.15. The van der Waals surface area contributed by atoms with E-state index in [0.717, 1.165) is 30.2 Å². The zero-order valence-electron chi connectivity index (χ0n) is 18.8. The van der Waals surface area contributed by atoms with Gasteiger partial charge in [-0.2, -0.15) is 4.98 Å². The van der Waals surface area contributed by atoms with Gasteiger partial charge in [0.05, 0.1) is 5.25 Å². The number of hydrogen-bond donors (Lipinski definition) is 1. The number of benzene rings is 1. The summed E-state index contributed by atoms with van der Waals surface area (Å²) in [6, 6.07) is 9.61. The lowest BCUT2D eigenvalue weighted by Gasteiger charge is -2.14. The first-order valence-corrected chi connectivity index (χ1v) is 12.6. The van der Waals surface area contributed by atoms with Crippen LogP contribution < -0.4 is 11.2 Å². The van der Waals surface area contributed by atoms with Gasteiger partial charge in [-0.3, -0.25) is 28.4 Å². The molecule has 1 aliphatic heterocycles. The molecule has 3 heterocycles. The summed E-state index contributed by atoms with van der Waals surface area (Å²) in [6.45, 7) is 2.88. The number of aromatic nitrogens is 4. The number of imide groups is 1. The van der Waals surface area contributed by atoms with E-state index in [-0.39, 0.29) is 40.7 Å². The molecule has 11 heteroatoms. The van der Waals surface area contributed by atoms with E-state index >= 15 is 0 Å². The number of hydrogen-bond acceptors (Lipinski definition) is 6. The SMILES string of the molecule is CCCCn1c(=O)n(CCCCN2C(=O)SC(Cc3ccccc3)C2=O)c(=O)c2[nH]c(Cl)nc21. The van der Waals surface area contributed by atoms with Gasteiger partial charge < -0.3 is 4.98 Å². The molecule has 0 aliphatic carbocycles. The number of nitrogens with zero attached hydrogens (tertiary/aromatic N) is 4. The molecule has 0 saturated carbocycles. The number of amides is 2. The molecule has 1 aromatic carbocycles. The maximum atomic E-state index is 13.0. The third-order valence-electron chi connectivity index (χ3n) is 5.85. The molecule has 1 saturated heterocycles. The Morgan fingerprint density at radius 1 is 1.00 bits per heavy atom. The van der Waals surface area contributed by atoms with Crippen LogP contribution in [0.4, 0.5) is 4.79 Å². The van der Waals surface area contributed by atoms with Gasteiger partial charge in [0, 0.05) is 19.6 Å². The van der Waals surface area contributed by atoms with Gasteiger partial charge in [-0.15, -0.1) is 0 Å². The summed E-state index contributed by atoms with van der Waals surface area (Å²) >= 11 is 7.01. The lowest BCUT2D eigenvalue weighted by atomic mass is 10.1. The predicted octanol–water partition coefficient (Wildman–Crippen LogP) is 3.43. The van der Waals surface area contributed by atoms with Crippen molar-refractivity contribution in [3.63, 3.8) is 0 Å². The molecule has 9 nitrogen and oxygen atoms in total. The number of carbonyl (C=O) groups excluding carboxylic acids is 2. The normalized spacial score (nSPS) is 16.2. The van der Waals surface area contributed by atoms with E-state index < -0.39 is 16.5 Å². The van der Waals surface area contributed by atoms with Crippen LogP contribution in [0.3, 0.4) is 0 Å². The fraction of sp³-hybridized carbons (Fsp3) is 0.435. The predicted molar refractivity (Wildman–Crippen MR) is 132 cm³/mol. The molecule has 4 rings (SSSR count). The molecule has 34 heavy (non-hydrogen) atoms. The van der Waals surface area contributed by atoms with Crippen LogP contribution in [0.1, 0.15) is 38.2 Å². The van der Waals surface area contributed by atoms with Crippen LogP contribution >= 0.6 is 23.4 Å². The number of carbonyl (C=O) groups is 2. The second-order valence-corrected chi connectivity index (χ2v) is 9.74. The molecule has 180 valence electrons. The minimum absolute atomic E-state index is 0.0584. The summed E-state index contributed by atoms with van der Waals surface area (Å²) in [5.41, 5.74) is 0.570. The Kier molecular flexibility index (Phi) is 7.57. The summed E-state index contributed by atoms with van der Waals surface area (Å²) < 4.78 is 2.65. The van der Waals surface area contributed by atoms with E-state index in [0.29, 0.717) is 25.8 Å². The lowest BCUT2D eigenvalue weighted by Crippen LogP contribution is -2.40. The van der Waals surface area contributed by atoms with Gasteiger partial charge in [0.1, 0.15) is 0 Å². The van der Waals surface area contributed by atoms with Crippen LogP contribution in [-0.4, -0.2) is 46.9 Å². The Hall–Kier alpha value is -2.85. The first-order valence-electron chi connectivity index (χ1n) is 11.4. The zero-order valence-corrected chi connectivity index (χ0v) is 20.4. The van der Waals surface area contributed by atoms with Gasteiger partial charge in [0.25, 0.3) is 10.8 Å². The summed E-state index contributed by atoms with van der Waals surface area (Å²) in [7, 11) is 0. The molecule has 3 aromatic rings. The average Bonchev–Trinajstić information content (AvgIpc) is 3.33. The van der Waals surface area contributed by atoms with Crippen LogP contribution in [0.2, 0.25) is 5.28 Å². The number of nitrogens with one attached hydrogen (secondary N) is 1. The van der Waals surface area contributed by atoms with Crippen molar-refractivity contribution >= 4 is 45.7 Å². The quantitative estimate of drug-likeness (QED) is 0.335. The highest BCUT2D eigenvalue weighted by Crippen LogP contribution is 2.29. The number of H-pyrrole nitrogens is 1. The molecule has 1 unspecified atom stereocenters. The maximum absolute atomic E-state index is 13.0. The van der Waals surface area contributed by atoms with E-state index in [2.05, 4.69) is 9.97 Å². The smallest absolute Gasteiger partial charge is 0.323 e. The Bertz CT molecular complexity index is 1320. The van der Waals surface area contributed by atoms with Crippen molar-refractivity contribution in [2.45, 2.75) is 57.4 Å². The third-order valence-corrected chi connectivity index (χ3v) is 7.10. The first-order chi connectivity index (χ1) is 16.4. The van der Waals surface area contributed by atoms with E-state index in [1.54, 1.807) is 0 Å². The fourth-order valence-electron chi connectivity index (χ4n) is 4.05. The van der Waals surface area contributed by atoms with Crippen molar-refractivity contribution < 1.29 is 9.59 Å². The number of fused-ring (bicyclic) bond motifs is 1. The molecule has 1 aliphatic rings. The zero-order chi connectivity index (χ0) is 24.2. The molecule has 0 bridgehead atoms. The third kappa shape index (κ3) is 4.97. The van der Waals surface area contributed by atoms with Crippen LogP contribution in [0, 0.1) is 0 Å². The molecule has 1 fully saturated rings. The number of halogens is 1. The number of unbranched alkanes of at least 4 members (excludes halogenated alkanes) is 2. The minimum Gasteiger partial charge on any atom is -0.323 e. The molecule has 1 N–H and O–H groups in total. The fourth-order valence-corrected chi connectivity index (χ4v) is 5.28. The molecule has 0 spiro atoms. The van der Waals surface area contributed by atoms with Crippen LogP contribution in [0.15, 0.2) is 39.9 Å². The van der Waals surface area contributed by atoms with E-state index in [4.69, 9.17) is 11.6 Å². The van der Waals surface area contributed by atoms with E-state index in [9.17, 15) is 19.2 Å². The van der Waals surface area contributed by atoms with Gasteiger partial charge >= 0.3 is 5.69 Å². The first kappa shape index (κ1) is 24.3. The van der Waals surface area contributed by atoms with Crippen LogP contribution in [-0.2, 0) is 24.3 Å². The molecular weight excluding hydrogens is 478 g/mol. The average molecular weight is 504 g/mol. The van der Waals surface area contributed by atoms with Crippen molar-refractivity contribution in [2.75, 3.05) is 6.54 Å². The van der Waals surface area contributed by atoms with Gasteiger partial charge in [-0.1, -0.05) is 55.4 Å². The van der Waals surface area contributed by atoms with Gasteiger partial charge in [-0.05, 0) is 42.8 Å². The molecule has 2 amide bonds. The van der Waals surface area contributed by atoms with Gasteiger partial charge in [0.2, 0.25) is 11.2 Å². The summed E-state index contributed by atoms with van der Waals surface area (Å²) in [5.74, 6) is -0.188. The Balaban J connectivity index is 1.41. The summed E-state index contributed by atoms with van der Waals surface area (Å²) in [4.78, 5) is 59.1. The van der Waals surface area contributed by atoms with Gasteiger partial charge in [-0.25, -0.2) is 4.79 Å². The van der Waals surface area contributed by atoms with Crippen molar-refractivity contribution in [3.8, 4) is 0 Å². The molecule has 1 atom stereocenters. The van der Waals surface area contributed by atoms with Crippen molar-refractivity contribution in [1.29, 1.82) is 0 Å². The second kappa shape index (κ2) is 10.6. The van der Waals surface area contributed by atoms with Crippen LogP contribution in [0.25, 0.3) is 11.2 Å². The number of aromatic amines is 1. The Morgan fingerprint density at radius 3 is 2.44 bits per heavy atom. The van der Waals surface area contributed by atoms with Crippen molar-refractivity contribution in [1.82, 2.24) is 24.0 Å². The second-order valence-electron chi connectivity index (χ2n) is 8.23.